The Kier molecular flexibility index (Phi) is 3.48. The van der Waals surface area contributed by atoms with Crippen molar-refractivity contribution in [3.63, 3.8) is 0 Å². The summed E-state index contributed by atoms with van der Waals surface area (Å²) in [7, 11) is 0. The van der Waals surface area contributed by atoms with Crippen LogP contribution in [0, 0.1) is 19.7 Å². The summed E-state index contributed by atoms with van der Waals surface area (Å²) in [5.41, 5.74) is 2.97. The number of amides is 1. The van der Waals surface area contributed by atoms with Gasteiger partial charge in [-0.3, -0.25) is 4.79 Å². The van der Waals surface area contributed by atoms with Gasteiger partial charge in [0.1, 0.15) is 17.5 Å². The van der Waals surface area contributed by atoms with E-state index in [0.29, 0.717) is 24.2 Å². The minimum Gasteiger partial charge on any atom is -0.356 e. The van der Waals surface area contributed by atoms with Crippen LogP contribution in [0.25, 0.3) is 0 Å². The van der Waals surface area contributed by atoms with E-state index in [9.17, 15) is 9.18 Å². The van der Waals surface area contributed by atoms with E-state index in [1.54, 1.807) is 24.0 Å². The highest BCUT2D eigenvalue weighted by Gasteiger charge is 2.31. The normalized spacial score (nSPS) is 16.1. The molecule has 1 fully saturated rings. The summed E-state index contributed by atoms with van der Waals surface area (Å²) in [6.07, 6.45) is 1.18. The maximum absolute atomic E-state index is 13.4. The fourth-order valence-electron chi connectivity index (χ4n) is 3.25. The maximum Gasteiger partial charge on any atom is 0.254 e. The predicted molar refractivity (Wildman–Crippen MR) is 88.3 cm³/mol. The van der Waals surface area contributed by atoms with Gasteiger partial charge < -0.3 is 9.80 Å². The summed E-state index contributed by atoms with van der Waals surface area (Å²) in [4.78, 5) is 25.9. The SMILES string of the molecule is Cc1nc2c(c(N3CCC3)n1)CN(C(=O)c1ccc(F)c(C)c1)C2. The van der Waals surface area contributed by atoms with Gasteiger partial charge in [-0.2, -0.15) is 0 Å². The Balaban J connectivity index is 1.63. The molecule has 6 heteroatoms. The van der Waals surface area contributed by atoms with Gasteiger partial charge in [-0.25, -0.2) is 14.4 Å². The molecule has 0 saturated carbocycles. The highest BCUT2D eigenvalue weighted by molar-refractivity contribution is 5.94. The molecule has 2 aliphatic rings. The van der Waals surface area contributed by atoms with Crippen LogP contribution in [0.4, 0.5) is 10.2 Å². The van der Waals surface area contributed by atoms with Crippen LogP contribution >= 0.6 is 0 Å². The lowest BCUT2D eigenvalue weighted by Crippen LogP contribution is -2.38. The Labute approximate surface area is 140 Å². The predicted octanol–water partition coefficient (Wildman–Crippen LogP) is 2.60. The summed E-state index contributed by atoms with van der Waals surface area (Å²) in [5, 5.41) is 0. The van der Waals surface area contributed by atoms with E-state index in [4.69, 9.17) is 0 Å². The number of hydrogen-bond acceptors (Lipinski definition) is 4. The molecule has 0 aliphatic carbocycles. The molecular formula is C18H19FN4O. The van der Waals surface area contributed by atoms with Gasteiger partial charge in [0.25, 0.3) is 5.91 Å². The van der Waals surface area contributed by atoms with Crippen molar-refractivity contribution in [1.82, 2.24) is 14.9 Å². The number of carbonyl (C=O) groups excluding carboxylic acids is 1. The van der Waals surface area contributed by atoms with Crippen LogP contribution < -0.4 is 4.90 Å². The van der Waals surface area contributed by atoms with Crippen LogP contribution in [0.1, 0.15) is 39.4 Å². The van der Waals surface area contributed by atoms with E-state index >= 15 is 0 Å². The van der Waals surface area contributed by atoms with Crippen molar-refractivity contribution in [3.05, 3.63) is 52.2 Å². The maximum atomic E-state index is 13.4. The first-order chi connectivity index (χ1) is 11.5. The summed E-state index contributed by atoms with van der Waals surface area (Å²) < 4.78 is 13.4. The van der Waals surface area contributed by atoms with Crippen LogP contribution in [-0.4, -0.2) is 33.9 Å². The van der Waals surface area contributed by atoms with Gasteiger partial charge in [-0.1, -0.05) is 0 Å². The van der Waals surface area contributed by atoms with Crippen molar-refractivity contribution in [2.24, 2.45) is 0 Å². The van der Waals surface area contributed by atoms with Crippen LogP contribution in [0.2, 0.25) is 0 Å². The largest absolute Gasteiger partial charge is 0.356 e. The zero-order chi connectivity index (χ0) is 16.8. The molecule has 0 bridgehead atoms. The number of nitrogens with zero attached hydrogens (tertiary/aromatic N) is 4. The molecule has 5 nitrogen and oxygen atoms in total. The van der Waals surface area contributed by atoms with Crippen molar-refractivity contribution in [1.29, 1.82) is 0 Å². The molecular weight excluding hydrogens is 307 g/mol. The molecule has 0 unspecified atom stereocenters. The van der Waals surface area contributed by atoms with Crippen molar-refractivity contribution in [2.45, 2.75) is 33.4 Å². The minimum atomic E-state index is -0.294. The average molecular weight is 326 g/mol. The second-order valence-corrected chi connectivity index (χ2v) is 6.49. The van der Waals surface area contributed by atoms with Crippen LogP contribution in [0.5, 0.6) is 0 Å². The van der Waals surface area contributed by atoms with Crippen molar-refractivity contribution in [2.75, 3.05) is 18.0 Å². The zero-order valence-electron chi connectivity index (χ0n) is 13.8. The average Bonchev–Trinajstić information content (AvgIpc) is 2.91. The number of halogens is 1. The second-order valence-electron chi connectivity index (χ2n) is 6.49. The number of hydrogen-bond donors (Lipinski definition) is 0. The second kappa shape index (κ2) is 5.54. The zero-order valence-corrected chi connectivity index (χ0v) is 13.8. The van der Waals surface area contributed by atoms with E-state index in [1.807, 2.05) is 6.92 Å². The lowest BCUT2D eigenvalue weighted by atomic mass is 10.1. The first kappa shape index (κ1) is 15.1. The standard InChI is InChI=1S/C18H19FN4O/c1-11-8-13(4-5-15(11)19)18(24)23-9-14-16(10-23)20-12(2)21-17(14)22-6-3-7-22/h4-5,8H,3,6-7,9-10H2,1-2H3. The molecule has 0 spiro atoms. The Hall–Kier alpha value is -2.50. The third-order valence-corrected chi connectivity index (χ3v) is 4.72. The van der Waals surface area contributed by atoms with Crippen LogP contribution in [0.3, 0.4) is 0 Å². The van der Waals surface area contributed by atoms with E-state index in [-0.39, 0.29) is 11.7 Å². The van der Waals surface area contributed by atoms with Crippen molar-refractivity contribution in [3.8, 4) is 0 Å². The molecule has 1 aromatic carbocycles. The number of benzene rings is 1. The number of rotatable bonds is 2. The molecule has 4 rings (SSSR count). The Morgan fingerprint density at radius 2 is 1.96 bits per heavy atom. The van der Waals surface area contributed by atoms with Gasteiger partial charge in [0.2, 0.25) is 0 Å². The number of carbonyl (C=O) groups is 1. The lowest BCUT2D eigenvalue weighted by molar-refractivity contribution is 0.0750. The van der Waals surface area contributed by atoms with Gasteiger partial charge in [0.05, 0.1) is 18.8 Å². The molecule has 124 valence electrons. The Bertz CT molecular complexity index is 832. The van der Waals surface area contributed by atoms with E-state index in [1.165, 1.54) is 12.5 Å². The topological polar surface area (TPSA) is 49.3 Å². The molecule has 2 aliphatic heterocycles. The smallest absolute Gasteiger partial charge is 0.254 e. The molecule has 1 amide bonds. The number of aryl methyl sites for hydroxylation is 2. The van der Waals surface area contributed by atoms with E-state index in [0.717, 1.165) is 36.0 Å². The van der Waals surface area contributed by atoms with Gasteiger partial charge in [0.15, 0.2) is 0 Å². The highest BCUT2D eigenvalue weighted by Crippen LogP contribution is 2.32. The fraction of sp³-hybridized carbons (Fsp3) is 0.389. The lowest BCUT2D eigenvalue weighted by Gasteiger charge is -2.33. The third kappa shape index (κ3) is 2.42. The van der Waals surface area contributed by atoms with Crippen LogP contribution in [0.15, 0.2) is 18.2 Å². The van der Waals surface area contributed by atoms with Gasteiger partial charge in [-0.05, 0) is 44.0 Å². The first-order valence-electron chi connectivity index (χ1n) is 8.19. The first-order valence-corrected chi connectivity index (χ1v) is 8.19. The van der Waals surface area contributed by atoms with E-state index < -0.39 is 0 Å². The minimum absolute atomic E-state index is 0.0942. The summed E-state index contributed by atoms with van der Waals surface area (Å²) >= 11 is 0. The monoisotopic (exact) mass is 326 g/mol. The molecule has 1 saturated heterocycles. The Morgan fingerprint density at radius 3 is 2.62 bits per heavy atom. The van der Waals surface area contributed by atoms with Gasteiger partial charge >= 0.3 is 0 Å². The van der Waals surface area contributed by atoms with Crippen molar-refractivity contribution < 1.29 is 9.18 Å². The molecule has 0 N–H and O–H groups in total. The van der Waals surface area contributed by atoms with Gasteiger partial charge in [0, 0.05) is 24.2 Å². The van der Waals surface area contributed by atoms with Crippen LogP contribution in [-0.2, 0) is 13.1 Å². The molecule has 0 radical (unpaired) electrons. The highest BCUT2D eigenvalue weighted by atomic mass is 19.1. The molecule has 2 aromatic rings. The number of anilines is 1. The summed E-state index contributed by atoms with van der Waals surface area (Å²) in [6.45, 7) is 6.56. The number of fused-ring (bicyclic) bond motifs is 1. The molecule has 0 atom stereocenters. The fourth-order valence-corrected chi connectivity index (χ4v) is 3.25. The van der Waals surface area contributed by atoms with Gasteiger partial charge in [-0.15, -0.1) is 0 Å². The quantitative estimate of drug-likeness (QED) is 0.851. The summed E-state index contributed by atoms with van der Waals surface area (Å²) in [6, 6.07) is 4.50. The van der Waals surface area contributed by atoms with E-state index in [2.05, 4.69) is 14.9 Å². The number of aromatic nitrogens is 2. The van der Waals surface area contributed by atoms with Crippen molar-refractivity contribution >= 4 is 11.7 Å². The third-order valence-electron chi connectivity index (χ3n) is 4.72. The molecule has 24 heavy (non-hydrogen) atoms. The molecule has 3 heterocycles. The Morgan fingerprint density at radius 1 is 1.17 bits per heavy atom. The molecule has 1 aromatic heterocycles. The summed E-state index contributed by atoms with van der Waals surface area (Å²) in [5.74, 6) is 1.32.